The summed E-state index contributed by atoms with van der Waals surface area (Å²) in [6, 6.07) is -0.204. The summed E-state index contributed by atoms with van der Waals surface area (Å²) in [6.07, 6.45) is 12.7. The van der Waals surface area contributed by atoms with Gasteiger partial charge in [-0.15, -0.1) is 0 Å². The molecular formula is C45H62FN5O10. The van der Waals surface area contributed by atoms with Crippen molar-refractivity contribution in [1.29, 1.82) is 0 Å². The molecule has 5 N–H and O–H groups in total. The molecule has 2 bridgehead atoms. The molecule has 15 nitrogen and oxygen atoms in total. The van der Waals surface area contributed by atoms with Gasteiger partial charge in [0.05, 0.1) is 18.6 Å². The number of hydrogen-bond donors (Lipinski definition) is 5. The number of ketones is 1. The average molecular weight is 852 g/mol. The first kappa shape index (κ1) is 48.5. The summed E-state index contributed by atoms with van der Waals surface area (Å²) in [5.41, 5.74) is 3.79. The monoisotopic (exact) mass is 851 g/mol. The zero-order valence-electron chi connectivity index (χ0n) is 35.8. The quantitative estimate of drug-likeness (QED) is 0.136. The maximum absolute atomic E-state index is 14.4. The first-order chi connectivity index (χ1) is 29.0. The number of hydrazine groups is 1. The third kappa shape index (κ3) is 15.0. The standard InChI is InChI=1S/C45H62FN5O10/c1-28(2)40-43(57)47-37(26-32-24-33(46)27-34(53)25-32)44(58)50-21-13-16-36(49-50)45(59)61-38(29(3)15-12-18-39(54)51-22-10-11-23-60-51)17-9-7-6-8-14-30(4)41(55)35(42(56)48-40)20-19-31(5)52/h6-9,12,15,18,24-25,27-28,30,35-38,40-41,49,53,55H,10-11,13-14,16-17,19-23,26H2,1-5H3,(H,47,57)(H,48,56)/b8-6+,9-7+,18-12+,29-15+/t30?,35?,36?,37?,38-,40?,41?/m0/s1. The lowest BCUT2D eigenvalue weighted by atomic mass is 9.85. The van der Waals surface area contributed by atoms with E-state index in [4.69, 9.17) is 9.57 Å². The molecular weight excluding hydrogens is 790 g/mol. The van der Waals surface area contributed by atoms with Gasteiger partial charge in [0.25, 0.3) is 11.8 Å². The van der Waals surface area contributed by atoms with Crippen molar-refractivity contribution < 1.29 is 52.9 Å². The fourth-order valence-electron chi connectivity index (χ4n) is 7.34. The lowest BCUT2D eigenvalue weighted by molar-refractivity contribution is -0.191. The lowest BCUT2D eigenvalue weighted by Crippen LogP contribution is -2.62. The number of hydroxylamine groups is 2. The highest BCUT2D eigenvalue weighted by Gasteiger charge is 2.38. The molecule has 0 spiro atoms. The number of ether oxygens (including phenoxy) is 1. The van der Waals surface area contributed by atoms with Crippen LogP contribution in [0.5, 0.6) is 5.75 Å². The SMILES string of the molecule is CC(=O)CCC1C(=O)NC(C(C)C)C(=O)NC(Cc2cc(O)cc(F)c2)C(=O)N2CCCC(N2)C(=O)O[C@H](/C(C)=C/C=C/C(=O)N2CCCCO2)C/C=C/C=C/CC(C)C1O. The van der Waals surface area contributed by atoms with Gasteiger partial charge in [0.15, 0.2) is 0 Å². The third-order valence-electron chi connectivity index (χ3n) is 11.0. The molecule has 3 aliphatic heterocycles. The number of rotatable bonds is 9. The van der Waals surface area contributed by atoms with Crippen molar-refractivity contribution in [1.82, 2.24) is 26.1 Å². The zero-order valence-corrected chi connectivity index (χ0v) is 35.8. The van der Waals surface area contributed by atoms with Crippen LogP contribution in [0.3, 0.4) is 0 Å². The summed E-state index contributed by atoms with van der Waals surface area (Å²) in [4.78, 5) is 86.2. The van der Waals surface area contributed by atoms with Crippen LogP contribution in [-0.2, 0) is 44.8 Å². The molecule has 0 aromatic heterocycles. The van der Waals surface area contributed by atoms with E-state index in [1.54, 1.807) is 52.0 Å². The van der Waals surface area contributed by atoms with Crippen molar-refractivity contribution in [3.05, 3.63) is 77.7 Å². The van der Waals surface area contributed by atoms with Crippen molar-refractivity contribution in [2.75, 3.05) is 19.7 Å². The van der Waals surface area contributed by atoms with Crippen molar-refractivity contribution in [2.24, 2.45) is 17.8 Å². The summed E-state index contributed by atoms with van der Waals surface area (Å²) >= 11 is 0. The number of aromatic hydroxyl groups is 1. The van der Waals surface area contributed by atoms with Gasteiger partial charge in [0.1, 0.15) is 41.6 Å². The normalized spacial score (nSPS) is 28.0. The van der Waals surface area contributed by atoms with Crippen molar-refractivity contribution in [2.45, 2.75) is 123 Å². The molecule has 7 atom stereocenters. The van der Waals surface area contributed by atoms with Crippen LogP contribution in [0.25, 0.3) is 0 Å². The highest BCUT2D eigenvalue weighted by atomic mass is 19.1. The Labute approximate surface area is 357 Å². The topological polar surface area (TPSA) is 204 Å². The van der Waals surface area contributed by atoms with E-state index < -0.39 is 77.6 Å². The fraction of sp³-hybridized carbons (Fsp3) is 0.556. The van der Waals surface area contributed by atoms with Gasteiger partial charge in [-0.05, 0) is 87.5 Å². The van der Waals surface area contributed by atoms with Crippen molar-refractivity contribution in [3.63, 3.8) is 0 Å². The Morgan fingerprint density at radius 3 is 2.39 bits per heavy atom. The Bertz CT molecular complexity index is 1820. The fourth-order valence-corrected chi connectivity index (χ4v) is 7.34. The van der Waals surface area contributed by atoms with Crippen LogP contribution in [0, 0.1) is 23.6 Å². The molecule has 1 aromatic carbocycles. The number of hydrogen-bond acceptors (Lipinski definition) is 11. The number of benzene rings is 1. The van der Waals surface area contributed by atoms with E-state index in [1.165, 1.54) is 29.1 Å². The molecule has 4 rings (SSSR count). The van der Waals surface area contributed by atoms with Crippen molar-refractivity contribution >= 4 is 35.4 Å². The first-order valence-corrected chi connectivity index (χ1v) is 21.2. The number of aliphatic hydroxyl groups excluding tert-OH is 1. The Kier molecular flexibility index (Phi) is 18.8. The summed E-state index contributed by atoms with van der Waals surface area (Å²) < 4.78 is 20.5. The molecule has 2 saturated heterocycles. The van der Waals surface area contributed by atoms with E-state index in [0.29, 0.717) is 38.0 Å². The molecule has 2 fully saturated rings. The van der Waals surface area contributed by atoms with Gasteiger partial charge in [0, 0.05) is 44.5 Å². The number of phenolic OH excluding ortho intramolecular Hbond substituents is 1. The number of halogens is 1. The molecule has 16 heteroatoms. The van der Waals surface area contributed by atoms with Gasteiger partial charge in [-0.3, -0.25) is 33.8 Å². The number of allylic oxidation sites excluding steroid dienone is 5. The zero-order chi connectivity index (χ0) is 44.6. The average Bonchev–Trinajstić information content (AvgIpc) is 3.22. The van der Waals surface area contributed by atoms with E-state index in [-0.39, 0.29) is 55.2 Å². The minimum absolute atomic E-state index is 0.0262. The van der Waals surface area contributed by atoms with Crippen LogP contribution in [-0.4, -0.2) is 106 Å². The second-order valence-electron chi connectivity index (χ2n) is 16.4. The maximum Gasteiger partial charge on any atom is 0.325 e. The largest absolute Gasteiger partial charge is 0.508 e. The predicted octanol–water partition coefficient (Wildman–Crippen LogP) is 4.05. The van der Waals surface area contributed by atoms with Gasteiger partial charge in [-0.1, -0.05) is 57.2 Å². The predicted molar refractivity (Wildman–Crippen MR) is 224 cm³/mol. The molecule has 61 heavy (non-hydrogen) atoms. The second-order valence-corrected chi connectivity index (χ2v) is 16.4. The number of nitrogens with zero attached hydrogens (tertiary/aromatic N) is 2. The number of nitrogens with one attached hydrogen (secondary N) is 3. The molecule has 6 unspecified atom stereocenters. The lowest BCUT2D eigenvalue weighted by Gasteiger charge is -2.36. The smallest absolute Gasteiger partial charge is 0.325 e. The number of amides is 4. The van der Waals surface area contributed by atoms with Gasteiger partial charge in [-0.25, -0.2) is 14.9 Å². The molecule has 0 saturated carbocycles. The number of esters is 1. The summed E-state index contributed by atoms with van der Waals surface area (Å²) in [6.45, 7) is 9.45. The van der Waals surface area contributed by atoms with Gasteiger partial charge in [-0.2, -0.15) is 0 Å². The highest BCUT2D eigenvalue weighted by Crippen LogP contribution is 2.24. The van der Waals surface area contributed by atoms with E-state index in [0.717, 1.165) is 25.0 Å². The Morgan fingerprint density at radius 2 is 1.72 bits per heavy atom. The van der Waals surface area contributed by atoms with Crippen molar-refractivity contribution in [3.8, 4) is 5.75 Å². The molecule has 0 aliphatic carbocycles. The first-order valence-electron chi connectivity index (χ1n) is 21.2. The Balaban J connectivity index is 1.69. The summed E-state index contributed by atoms with van der Waals surface area (Å²) in [5, 5.41) is 29.6. The minimum atomic E-state index is -1.36. The molecule has 4 amide bonds. The second kappa shape index (κ2) is 23.7. The number of Topliss-reactive ketones (excluding diaryl/α,β-unsaturated/α-hetero) is 1. The maximum atomic E-state index is 14.4. The highest BCUT2D eigenvalue weighted by molar-refractivity contribution is 5.93. The molecule has 1 aromatic rings. The van der Waals surface area contributed by atoms with Crippen LogP contribution in [0.1, 0.15) is 91.5 Å². The third-order valence-corrected chi connectivity index (χ3v) is 11.0. The number of fused-ring (bicyclic) bond motifs is 2. The number of carbonyl (C=O) groups excluding carboxylic acids is 6. The summed E-state index contributed by atoms with van der Waals surface area (Å²) in [5.74, 6) is -6.27. The Hall–Kier alpha value is -5.19. The van der Waals surface area contributed by atoms with Crippen LogP contribution in [0.15, 0.2) is 66.3 Å². The van der Waals surface area contributed by atoms with Gasteiger partial charge in [0.2, 0.25) is 11.8 Å². The van der Waals surface area contributed by atoms with E-state index in [1.807, 2.05) is 12.2 Å². The van der Waals surface area contributed by atoms with Crippen LogP contribution in [0.2, 0.25) is 0 Å². The minimum Gasteiger partial charge on any atom is -0.508 e. The number of cyclic esters (lactones) is 1. The van der Waals surface area contributed by atoms with E-state index >= 15 is 0 Å². The number of aliphatic hydroxyl groups is 1. The van der Waals surface area contributed by atoms with Crippen LogP contribution >= 0.6 is 0 Å². The molecule has 3 aliphatic rings. The molecule has 0 radical (unpaired) electrons. The van der Waals surface area contributed by atoms with Crippen LogP contribution < -0.4 is 16.1 Å². The van der Waals surface area contributed by atoms with E-state index in [9.17, 15) is 43.4 Å². The van der Waals surface area contributed by atoms with Gasteiger partial charge < -0.3 is 30.4 Å². The number of phenols is 1. The molecule has 3 heterocycles. The summed E-state index contributed by atoms with van der Waals surface area (Å²) in [7, 11) is 0. The van der Waals surface area contributed by atoms with E-state index in [2.05, 4.69) is 16.1 Å². The number of carbonyl (C=O) groups is 6. The van der Waals surface area contributed by atoms with Gasteiger partial charge >= 0.3 is 5.97 Å². The molecule has 334 valence electrons. The Morgan fingerprint density at radius 1 is 0.984 bits per heavy atom. The van der Waals surface area contributed by atoms with Crippen LogP contribution in [0.4, 0.5) is 4.39 Å².